The van der Waals surface area contributed by atoms with Crippen LogP contribution in [0.25, 0.3) is 21.3 Å². The minimum atomic E-state index is -0.209. The molecular formula is C22H21N5O3S. The van der Waals surface area contributed by atoms with Crippen molar-refractivity contribution in [2.24, 2.45) is 0 Å². The van der Waals surface area contributed by atoms with Crippen LogP contribution in [0, 0.1) is 0 Å². The molecule has 1 N–H and O–H groups in total. The van der Waals surface area contributed by atoms with Gasteiger partial charge in [-0.15, -0.1) is 0 Å². The second-order valence-electron chi connectivity index (χ2n) is 6.51. The number of anilines is 1. The van der Waals surface area contributed by atoms with Gasteiger partial charge in [-0.3, -0.25) is 19.9 Å². The summed E-state index contributed by atoms with van der Waals surface area (Å²) in [6, 6.07) is 12.8. The van der Waals surface area contributed by atoms with Crippen LogP contribution in [-0.2, 0) is 4.79 Å². The zero-order chi connectivity index (χ0) is 22.2. The largest absolute Gasteiger partial charge is 0.479 e. The lowest BCUT2D eigenvalue weighted by atomic mass is 10.1. The van der Waals surface area contributed by atoms with Crippen molar-refractivity contribution in [2.75, 3.05) is 26.5 Å². The van der Waals surface area contributed by atoms with E-state index in [0.717, 1.165) is 22.2 Å². The average molecular weight is 436 g/mol. The number of methoxy groups -OCH3 is 1. The first-order chi connectivity index (χ1) is 15.0. The summed E-state index contributed by atoms with van der Waals surface area (Å²) in [5.41, 5.74) is 3.01. The van der Waals surface area contributed by atoms with Crippen LogP contribution in [0.3, 0.4) is 0 Å². The van der Waals surface area contributed by atoms with Crippen molar-refractivity contribution in [1.29, 1.82) is 0 Å². The lowest BCUT2D eigenvalue weighted by molar-refractivity contribution is -0.115. The maximum atomic E-state index is 12.4. The summed E-state index contributed by atoms with van der Waals surface area (Å²) < 4.78 is 6.21. The number of amides is 2. The fourth-order valence-corrected chi connectivity index (χ4v) is 3.56. The molecule has 158 valence electrons. The normalized spacial score (nSPS) is 10.0. The van der Waals surface area contributed by atoms with Gasteiger partial charge in [-0.05, 0) is 18.2 Å². The van der Waals surface area contributed by atoms with Gasteiger partial charge < -0.3 is 9.64 Å². The van der Waals surface area contributed by atoms with Crippen LogP contribution < -0.4 is 10.1 Å². The number of thiazole rings is 1. The van der Waals surface area contributed by atoms with Crippen LogP contribution in [0.4, 0.5) is 5.13 Å². The summed E-state index contributed by atoms with van der Waals surface area (Å²) in [7, 11) is 4.92. The molecule has 0 saturated heterocycles. The number of ether oxygens (including phenoxy) is 1. The summed E-state index contributed by atoms with van der Waals surface area (Å²) in [6.45, 7) is 0. The summed E-state index contributed by atoms with van der Waals surface area (Å²) in [5, 5.41) is 3.34. The maximum absolute atomic E-state index is 12.4. The second-order valence-corrected chi connectivity index (χ2v) is 7.51. The number of benzene rings is 1. The number of pyridine rings is 2. The quantitative estimate of drug-likeness (QED) is 0.480. The Kier molecular flexibility index (Phi) is 7.23. The van der Waals surface area contributed by atoms with Gasteiger partial charge >= 0.3 is 0 Å². The number of rotatable bonds is 5. The minimum absolute atomic E-state index is 0.209. The zero-order valence-electron chi connectivity index (χ0n) is 17.3. The number of fused-ring (bicyclic) bond motifs is 1. The van der Waals surface area contributed by atoms with Crippen LogP contribution >= 0.6 is 11.3 Å². The molecule has 0 atom stereocenters. The fraction of sp³-hybridized carbons (Fsp3) is 0.136. The van der Waals surface area contributed by atoms with E-state index in [1.165, 1.54) is 16.2 Å². The van der Waals surface area contributed by atoms with Gasteiger partial charge in [0.2, 0.25) is 12.3 Å². The van der Waals surface area contributed by atoms with E-state index in [9.17, 15) is 9.59 Å². The Morgan fingerprint density at radius 3 is 2.48 bits per heavy atom. The van der Waals surface area contributed by atoms with Crippen molar-refractivity contribution in [2.45, 2.75) is 0 Å². The Hall–Kier alpha value is -3.85. The first-order valence-electron chi connectivity index (χ1n) is 9.25. The Balaban J connectivity index is 0.000000491. The molecule has 0 saturated carbocycles. The van der Waals surface area contributed by atoms with Crippen LogP contribution in [0.15, 0.2) is 61.1 Å². The van der Waals surface area contributed by atoms with E-state index in [2.05, 4.69) is 20.3 Å². The highest BCUT2D eigenvalue weighted by molar-refractivity contribution is 7.23. The van der Waals surface area contributed by atoms with Gasteiger partial charge in [-0.25, -0.2) is 9.97 Å². The third-order valence-corrected chi connectivity index (χ3v) is 5.02. The van der Waals surface area contributed by atoms with E-state index >= 15 is 0 Å². The van der Waals surface area contributed by atoms with Crippen LogP contribution in [0.2, 0.25) is 0 Å². The number of hydrogen-bond acceptors (Lipinski definition) is 7. The number of nitrogens with zero attached hydrogens (tertiary/aromatic N) is 4. The molecule has 2 amide bonds. The Labute approximate surface area is 183 Å². The predicted molar refractivity (Wildman–Crippen MR) is 121 cm³/mol. The molecule has 4 aromatic rings. The third kappa shape index (κ3) is 5.40. The Morgan fingerprint density at radius 2 is 1.87 bits per heavy atom. The van der Waals surface area contributed by atoms with E-state index in [1.807, 2.05) is 30.3 Å². The third-order valence-electron chi connectivity index (χ3n) is 4.02. The van der Waals surface area contributed by atoms with Crippen LogP contribution in [0.1, 0.15) is 10.4 Å². The molecule has 0 aliphatic rings. The van der Waals surface area contributed by atoms with Gasteiger partial charge in [0.05, 0.1) is 11.8 Å². The topological polar surface area (TPSA) is 97.3 Å². The first kappa shape index (κ1) is 21.8. The summed E-state index contributed by atoms with van der Waals surface area (Å²) in [5.74, 6) is 0.212. The van der Waals surface area contributed by atoms with Gasteiger partial charge in [-0.2, -0.15) is 0 Å². The average Bonchev–Trinajstić information content (AvgIpc) is 3.23. The number of carbonyl (C=O) groups is 2. The molecule has 0 bridgehead atoms. The van der Waals surface area contributed by atoms with E-state index in [-0.39, 0.29) is 5.91 Å². The Morgan fingerprint density at radius 1 is 1.13 bits per heavy atom. The highest BCUT2D eigenvalue weighted by atomic mass is 32.1. The summed E-state index contributed by atoms with van der Waals surface area (Å²) in [4.78, 5) is 36.3. The van der Waals surface area contributed by atoms with Gasteiger partial charge in [0.1, 0.15) is 5.52 Å². The number of carbonyl (C=O) groups excluding carboxylic acids is 2. The molecule has 0 spiro atoms. The zero-order valence-corrected chi connectivity index (χ0v) is 18.1. The molecule has 1 aromatic carbocycles. The Bertz CT molecular complexity index is 1160. The van der Waals surface area contributed by atoms with Crippen molar-refractivity contribution in [3.05, 3.63) is 66.6 Å². The predicted octanol–water partition coefficient (Wildman–Crippen LogP) is 3.72. The summed E-state index contributed by atoms with van der Waals surface area (Å²) in [6.07, 6.45) is 5.97. The lowest BCUT2D eigenvalue weighted by Gasteiger charge is -2.04. The molecule has 0 aliphatic carbocycles. The SMILES string of the molecule is CN(C)C=O.COc1ncc(-c2cccnc2)c2sc(NC(=O)c3ccccc3)nc12. The molecule has 0 unspecified atom stereocenters. The molecule has 8 nitrogen and oxygen atoms in total. The van der Waals surface area contributed by atoms with Crippen LogP contribution in [-0.4, -0.2) is 53.4 Å². The van der Waals surface area contributed by atoms with Crippen molar-refractivity contribution >= 4 is 39.0 Å². The van der Waals surface area contributed by atoms with Crippen molar-refractivity contribution < 1.29 is 14.3 Å². The fourth-order valence-electron chi connectivity index (χ4n) is 2.58. The van der Waals surface area contributed by atoms with Gasteiger partial charge in [-0.1, -0.05) is 35.6 Å². The molecule has 4 rings (SSSR count). The van der Waals surface area contributed by atoms with E-state index in [1.54, 1.807) is 51.9 Å². The molecule has 0 radical (unpaired) electrons. The number of nitrogens with one attached hydrogen (secondary N) is 1. The van der Waals surface area contributed by atoms with Gasteiger partial charge in [0.15, 0.2) is 5.13 Å². The number of aromatic nitrogens is 3. The highest BCUT2D eigenvalue weighted by Crippen LogP contribution is 2.38. The lowest BCUT2D eigenvalue weighted by Crippen LogP contribution is -2.11. The van der Waals surface area contributed by atoms with E-state index in [0.29, 0.717) is 22.1 Å². The second kappa shape index (κ2) is 10.3. The van der Waals surface area contributed by atoms with Crippen molar-refractivity contribution in [1.82, 2.24) is 19.9 Å². The molecule has 31 heavy (non-hydrogen) atoms. The van der Waals surface area contributed by atoms with Gasteiger partial charge in [0.25, 0.3) is 5.91 Å². The van der Waals surface area contributed by atoms with E-state index in [4.69, 9.17) is 4.74 Å². The van der Waals surface area contributed by atoms with Gasteiger partial charge in [0, 0.05) is 49.4 Å². The molecule has 0 aliphatic heterocycles. The van der Waals surface area contributed by atoms with E-state index < -0.39 is 0 Å². The minimum Gasteiger partial charge on any atom is -0.479 e. The van der Waals surface area contributed by atoms with Crippen molar-refractivity contribution in [3.63, 3.8) is 0 Å². The molecular weight excluding hydrogens is 414 g/mol. The molecule has 0 fully saturated rings. The maximum Gasteiger partial charge on any atom is 0.257 e. The standard InChI is InChI=1S/C19H14N4O2S.C3H7NO/c1-25-18-15-16(14(11-21-18)13-8-5-9-20-10-13)26-19(22-15)23-17(24)12-6-3-2-4-7-12;1-4(2)3-5/h2-11H,1H3,(H,22,23,24);3H,1-2H3. The number of hydrogen-bond donors (Lipinski definition) is 1. The van der Waals surface area contributed by atoms with Crippen molar-refractivity contribution in [3.8, 4) is 17.0 Å². The molecule has 9 heteroatoms. The summed E-state index contributed by atoms with van der Waals surface area (Å²) >= 11 is 1.38. The first-order valence-corrected chi connectivity index (χ1v) is 10.1. The smallest absolute Gasteiger partial charge is 0.257 e. The molecule has 3 aromatic heterocycles. The molecule has 3 heterocycles. The van der Waals surface area contributed by atoms with Crippen LogP contribution in [0.5, 0.6) is 5.88 Å². The highest BCUT2D eigenvalue weighted by Gasteiger charge is 2.17. The monoisotopic (exact) mass is 435 g/mol.